The van der Waals surface area contributed by atoms with Crippen molar-refractivity contribution in [3.05, 3.63) is 77.2 Å². The Kier molecular flexibility index (Phi) is 16.3. The second-order valence-electron chi connectivity index (χ2n) is 22.2. The fraction of sp³-hybridized carbons (Fsp3) is 0.527. The van der Waals surface area contributed by atoms with Gasteiger partial charge < -0.3 is 25.1 Å². The Morgan fingerprint density at radius 2 is 1.24 bits per heavy atom. The first-order valence-corrected chi connectivity index (χ1v) is 26.5. The molecular formula is C55H73N19O2. The van der Waals surface area contributed by atoms with Crippen molar-refractivity contribution < 1.29 is 9.59 Å². The zero-order valence-corrected chi connectivity index (χ0v) is 46.6. The number of carbonyl (C=O) groups is 1. The van der Waals surface area contributed by atoms with Gasteiger partial charge in [-0.2, -0.15) is 9.78 Å². The van der Waals surface area contributed by atoms with E-state index in [4.69, 9.17) is 20.1 Å². The van der Waals surface area contributed by atoms with E-state index < -0.39 is 0 Å². The zero-order valence-electron chi connectivity index (χ0n) is 46.6. The molecule has 2 atom stereocenters. The number of anilines is 2. The number of aryl methyl sites for hydroxylation is 4. The molecule has 0 saturated carbocycles. The maximum Gasteiger partial charge on any atom is 0.342 e. The molecule has 2 aliphatic carbocycles. The summed E-state index contributed by atoms with van der Waals surface area (Å²) in [6.07, 6.45) is 17.4. The van der Waals surface area contributed by atoms with Crippen LogP contribution in [0.3, 0.4) is 0 Å². The van der Waals surface area contributed by atoms with Crippen LogP contribution in [-0.4, -0.2) is 116 Å². The summed E-state index contributed by atoms with van der Waals surface area (Å²) in [6.45, 7) is 30.4. The van der Waals surface area contributed by atoms with Crippen molar-refractivity contribution in [1.29, 1.82) is 0 Å². The molecule has 0 fully saturated rings. The van der Waals surface area contributed by atoms with Crippen molar-refractivity contribution in [1.82, 2.24) is 74.1 Å². The standard InChI is InChI=1S/C27H36N10O.C23H28N8.C5H9NO/c1-8-36-24(17-12-28-16(4)29-13-17)33-22-23(30-14-31-25(22)36)32-18-9-10-20-19(11-18)21(15(2)3)35-37(20)26(38)34-27(5,6)7;1-5-31-22(16-10-24-14(4)25-11-16)30-20-21(27-12-28-23(20)31)29-17-7-6-15-9-26-19(13(2)3)18(15)8-17;1-5(2,3)6-4-7/h12-15,18H,8-11H2,1-7H3,(H,34,38)(H,30,31,32);10-13,17H,5-9H2,1-4H3,(H,27,28,29);1-3H3. The Morgan fingerprint density at radius 1 is 0.724 bits per heavy atom. The molecule has 21 nitrogen and oxygen atoms in total. The van der Waals surface area contributed by atoms with Crippen LogP contribution in [0.5, 0.6) is 0 Å². The topological polar surface area (TPSA) is 252 Å². The van der Waals surface area contributed by atoms with E-state index in [1.54, 1.807) is 29.7 Å². The fourth-order valence-electron chi connectivity index (χ4n) is 9.82. The lowest BCUT2D eigenvalue weighted by Crippen LogP contribution is -2.44. The second-order valence-corrected chi connectivity index (χ2v) is 22.2. The Morgan fingerprint density at radius 3 is 1.68 bits per heavy atom. The first kappa shape index (κ1) is 54.6. The van der Waals surface area contributed by atoms with E-state index in [0.717, 1.165) is 125 Å². The van der Waals surface area contributed by atoms with Gasteiger partial charge in [0.25, 0.3) is 0 Å². The molecule has 0 radical (unpaired) electrons. The lowest BCUT2D eigenvalue weighted by atomic mass is 9.85. The highest BCUT2D eigenvalue weighted by molar-refractivity contribution is 6.04. The predicted octanol–water partition coefficient (Wildman–Crippen LogP) is 9.36. The number of isocyanates is 1. The summed E-state index contributed by atoms with van der Waals surface area (Å²) in [6, 6.07) is 0.262. The first-order valence-electron chi connectivity index (χ1n) is 26.5. The van der Waals surface area contributed by atoms with Gasteiger partial charge in [-0.3, -0.25) is 4.99 Å². The molecule has 2 unspecified atom stereocenters. The summed E-state index contributed by atoms with van der Waals surface area (Å²) in [5.41, 5.74) is 11.6. The number of aliphatic imine (C=N–C) groups is 2. The molecule has 10 rings (SSSR count). The molecule has 400 valence electrons. The summed E-state index contributed by atoms with van der Waals surface area (Å²) >= 11 is 0. The number of nitrogens with one attached hydrogen (secondary N) is 3. The molecular weight excluding hydrogens is 959 g/mol. The third-order valence-corrected chi connectivity index (χ3v) is 13.3. The fourth-order valence-corrected chi connectivity index (χ4v) is 9.82. The van der Waals surface area contributed by atoms with Gasteiger partial charge >= 0.3 is 6.03 Å². The number of imidazole rings is 2. The lowest BCUT2D eigenvalue weighted by Gasteiger charge is -2.26. The molecule has 1 aliphatic heterocycles. The molecule has 7 aromatic rings. The highest BCUT2D eigenvalue weighted by atomic mass is 16.2. The molecule has 0 aromatic carbocycles. The quantitative estimate of drug-likeness (QED) is 0.0852. The van der Waals surface area contributed by atoms with Gasteiger partial charge in [0.1, 0.15) is 36.0 Å². The summed E-state index contributed by atoms with van der Waals surface area (Å²) in [7, 11) is 0. The number of hydrogen-bond donors (Lipinski definition) is 3. The minimum atomic E-state index is -0.337. The molecule has 0 spiro atoms. The van der Waals surface area contributed by atoms with Gasteiger partial charge in [0.05, 0.1) is 34.6 Å². The van der Waals surface area contributed by atoms with E-state index in [1.807, 2.05) is 67.8 Å². The Hall–Kier alpha value is -7.67. The van der Waals surface area contributed by atoms with Crippen LogP contribution in [0.4, 0.5) is 16.4 Å². The molecule has 3 N–H and O–H groups in total. The van der Waals surface area contributed by atoms with Crippen molar-refractivity contribution in [2.75, 3.05) is 17.2 Å². The van der Waals surface area contributed by atoms with Crippen LogP contribution in [0.15, 0.2) is 58.6 Å². The van der Waals surface area contributed by atoms with Crippen LogP contribution in [0.1, 0.15) is 143 Å². The molecule has 1 amide bonds. The monoisotopic (exact) mass is 1030 g/mol. The Labute approximate surface area is 444 Å². The van der Waals surface area contributed by atoms with Crippen molar-refractivity contribution in [2.45, 2.75) is 178 Å². The number of aromatic nitrogens is 14. The van der Waals surface area contributed by atoms with Gasteiger partial charge in [-0.15, -0.1) is 0 Å². The van der Waals surface area contributed by atoms with Gasteiger partial charge in [-0.25, -0.2) is 64.4 Å². The largest absolute Gasteiger partial charge is 0.365 e. The lowest BCUT2D eigenvalue weighted by molar-refractivity contribution is 0.229. The maximum absolute atomic E-state index is 13.0. The van der Waals surface area contributed by atoms with Gasteiger partial charge in [-0.05, 0) is 136 Å². The number of fused-ring (bicyclic) bond motifs is 3. The first-order chi connectivity index (χ1) is 36.2. The number of rotatable bonds is 10. The van der Waals surface area contributed by atoms with Crippen molar-refractivity contribution in [3.63, 3.8) is 0 Å². The van der Waals surface area contributed by atoms with Gasteiger partial charge in [0, 0.05) is 61.2 Å². The molecule has 3 aliphatic rings. The minimum absolute atomic E-state index is 0.124. The van der Waals surface area contributed by atoms with Gasteiger partial charge in [-0.1, -0.05) is 27.7 Å². The highest BCUT2D eigenvalue weighted by Gasteiger charge is 2.32. The smallest absolute Gasteiger partial charge is 0.342 e. The van der Waals surface area contributed by atoms with E-state index in [-0.39, 0.29) is 29.1 Å². The summed E-state index contributed by atoms with van der Waals surface area (Å²) in [5.74, 6) is 5.22. The third kappa shape index (κ3) is 12.2. The van der Waals surface area contributed by atoms with Gasteiger partial charge in [0.15, 0.2) is 34.0 Å². The van der Waals surface area contributed by atoms with Crippen molar-refractivity contribution in [3.8, 4) is 22.8 Å². The highest BCUT2D eigenvalue weighted by Crippen LogP contribution is 2.36. The van der Waals surface area contributed by atoms with Crippen LogP contribution in [0.2, 0.25) is 0 Å². The van der Waals surface area contributed by atoms with E-state index in [9.17, 15) is 9.59 Å². The molecule has 21 heteroatoms. The van der Waals surface area contributed by atoms with E-state index in [2.05, 4.69) is 111 Å². The van der Waals surface area contributed by atoms with E-state index in [1.165, 1.54) is 22.9 Å². The normalized spacial score (nSPS) is 16.3. The molecule has 76 heavy (non-hydrogen) atoms. The number of nitrogens with zero attached hydrogens (tertiary/aromatic N) is 16. The van der Waals surface area contributed by atoms with Crippen LogP contribution in [-0.2, 0) is 30.7 Å². The van der Waals surface area contributed by atoms with Crippen LogP contribution in [0, 0.1) is 19.8 Å². The van der Waals surface area contributed by atoms with Crippen LogP contribution >= 0.6 is 0 Å². The van der Waals surface area contributed by atoms with E-state index in [0.29, 0.717) is 30.1 Å². The molecule has 8 heterocycles. The average Bonchev–Trinajstić information content (AvgIpc) is 4.16. The average molecular weight is 1030 g/mol. The number of carbonyl (C=O) groups excluding carboxylic acids is 2. The zero-order chi connectivity index (χ0) is 54.6. The Bertz CT molecular complexity index is 3320. The third-order valence-electron chi connectivity index (χ3n) is 13.3. The maximum atomic E-state index is 13.0. The number of amides is 1. The molecule has 0 saturated heterocycles. The Balaban J connectivity index is 0.000000182. The van der Waals surface area contributed by atoms with Gasteiger partial charge in [0.2, 0.25) is 6.08 Å². The summed E-state index contributed by atoms with van der Waals surface area (Å²) in [4.78, 5) is 76.2. The molecule has 0 bridgehead atoms. The predicted molar refractivity (Wildman–Crippen MR) is 296 cm³/mol. The van der Waals surface area contributed by atoms with Crippen molar-refractivity contribution in [2.24, 2.45) is 15.9 Å². The van der Waals surface area contributed by atoms with Crippen molar-refractivity contribution >= 4 is 51.8 Å². The summed E-state index contributed by atoms with van der Waals surface area (Å²) < 4.78 is 5.73. The van der Waals surface area contributed by atoms with E-state index >= 15 is 0 Å². The van der Waals surface area contributed by atoms with Crippen LogP contribution < -0.4 is 16.0 Å². The minimum Gasteiger partial charge on any atom is -0.365 e. The SMILES string of the molecule is CC(C)(C)N=C=O.CCn1c(-c2cnc(C)nc2)nc2c(NC3CCC4=C(C3)C(C(C)C)=NC4)ncnc21.CCn1c(-c2cnc(C)nc2)nc2c(NC3CCc4c(c(C(C)C)nn4C(=O)NC(C)(C)C)C3)ncnc21. The molecule has 7 aromatic heterocycles. The summed E-state index contributed by atoms with van der Waals surface area (Å²) in [5, 5.41) is 15.1. The number of hydrogen-bond acceptors (Lipinski definition) is 17. The van der Waals surface area contributed by atoms with Crippen LogP contribution in [0.25, 0.3) is 45.1 Å². The second kappa shape index (κ2) is 22.7.